The van der Waals surface area contributed by atoms with E-state index in [1.54, 1.807) is 6.20 Å². The number of hydrogen-bond acceptors (Lipinski definition) is 3. The van der Waals surface area contributed by atoms with Gasteiger partial charge in [0.25, 0.3) is 0 Å². The van der Waals surface area contributed by atoms with E-state index in [1.165, 1.54) is 0 Å². The fourth-order valence-electron chi connectivity index (χ4n) is 0.874. The molecule has 0 saturated heterocycles. The Morgan fingerprint density at radius 1 is 1.64 bits per heavy atom. The fourth-order valence-corrected chi connectivity index (χ4v) is 1.04. The zero-order valence-corrected chi connectivity index (χ0v) is 7.10. The highest BCUT2D eigenvalue weighted by Gasteiger charge is 2.02. The van der Waals surface area contributed by atoms with Crippen LogP contribution in [0.4, 0.5) is 5.69 Å². The van der Waals surface area contributed by atoms with Crippen LogP contribution in [0.1, 0.15) is 18.9 Å². The van der Waals surface area contributed by atoms with Crippen LogP contribution in [0.2, 0.25) is 5.15 Å². The van der Waals surface area contributed by atoms with E-state index in [0.29, 0.717) is 10.8 Å². The lowest BCUT2D eigenvalue weighted by atomic mass is 10.1. The first kappa shape index (κ1) is 8.27. The van der Waals surface area contributed by atoms with Crippen molar-refractivity contribution in [2.45, 2.75) is 19.8 Å². The third-order valence-corrected chi connectivity index (χ3v) is 1.73. The average molecular weight is 172 g/mol. The van der Waals surface area contributed by atoms with Crippen molar-refractivity contribution in [2.75, 3.05) is 5.73 Å². The van der Waals surface area contributed by atoms with E-state index < -0.39 is 0 Å². The third kappa shape index (κ3) is 1.80. The molecule has 11 heavy (non-hydrogen) atoms. The van der Waals surface area contributed by atoms with E-state index in [1.807, 2.05) is 0 Å². The van der Waals surface area contributed by atoms with Gasteiger partial charge in [-0.2, -0.15) is 5.10 Å². The first-order valence-electron chi connectivity index (χ1n) is 3.51. The van der Waals surface area contributed by atoms with Crippen LogP contribution in [0.25, 0.3) is 0 Å². The van der Waals surface area contributed by atoms with Crippen LogP contribution >= 0.6 is 11.6 Å². The summed E-state index contributed by atoms with van der Waals surface area (Å²) >= 11 is 5.65. The zero-order valence-electron chi connectivity index (χ0n) is 6.34. The predicted octanol–water partition coefficient (Wildman–Crippen LogP) is 1.66. The highest BCUT2D eigenvalue weighted by molar-refractivity contribution is 6.31. The fraction of sp³-hybridized carbons (Fsp3) is 0.429. The lowest BCUT2D eigenvalue weighted by molar-refractivity contribution is 0.896. The molecule has 0 spiro atoms. The quantitative estimate of drug-likeness (QED) is 0.737. The van der Waals surface area contributed by atoms with Crippen molar-refractivity contribution in [1.29, 1.82) is 0 Å². The molecule has 0 unspecified atom stereocenters. The second kappa shape index (κ2) is 3.53. The summed E-state index contributed by atoms with van der Waals surface area (Å²) in [7, 11) is 0. The molecule has 0 amide bonds. The summed E-state index contributed by atoms with van der Waals surface area (Å²) in [6.45, 7) is 2.08. The molecule has 1 rings (SSSR count). The van der Waals surface area contributed by atoms with Crippen molar-refractivity contribution in [3.05, 3.63) is 16.9 Å². The van der Waals surface area contributed by atoms with Gasteiger partial charge in [0.1, 0.15) is 0 Å². The summed E-state index contributed by atoms with van der Waals surface area (Å²) in [5, 5.41) is 7.62. The number of halogens is 1. The highest BCUT2D eigenvalue weighted by Crippen LogP contribution is 2.19. The van der Waals surface area contributed by atoms with Gasteiger partial charge < -0.3 is 5.73 Å². The monoisotopic (exact) mass is 171 g/mol. The van der Waals surface area contributed by atoms with Crippen LogP contribution < -0.4 is 5.73 Å². The van der Waals surface area contributed by atoms with E-state index in [2.05, 4.69) is 17.1 Å². The number of rotatable bonds is 2. The Morgan fingerprint density at radius 2 is 2.36 bits per heavy atom. The summed E-state index contributed by atoms with van der Waals surface area (Å²) < 4.78 is 0. The molecule has 4 heteroatoms. The summed E-state index contributed by atoms with van der Waals surface area (Å²) in [5.41, 5.74) is 7.17. The largest absolute Gasteiger partial charge is 0.396 e. The second-order valence-corrected chi connectivity index (χ2v) is 2.68. The van der Waals surface area contributed by atoms with Crippen molar-refractivity contribution in [1.82, 2.24) is 10.2 Å². The number of aryl methyl sites for hydroxylation is 1. The number of anilines is 1. The van der Waals surface area contributed by atoms with Gasteiger partial charge in [-0.3, -0.25) is 0 Å². The Hall–Kier alpha value is -0.830. The number of nitrogen functional groups attached to an aromatic ring is 1. The van der Waals surface area contributed by atoms with Crippen LogP contribution in [0.15, 0.2) is 6.20 Å². The zero-order chi connectivity index (χ0) is 8.27. The molecule has 0 fully saturated rings. The van der Waals surface area contributed by atoms with Crippen molar-refractivity contribution in [3.8, 4) is 0 Å². The first-order valence-corrected chi connectivity index (χ1v) is 3.89. The first-order chi connectivity index (χ1) is 5.25. The number of aromatic nitrogens is 2. The Balaban J connectivity index is 2.96. The van der Waals surface area contributed by atoms with Crippen LogP contribution in [0, 0.1) is 0 Å². The van der Waals surface area contributed by atoms with Gasteiger partial charge in [-0.15, -0.1) is 5.10 Å². The number of hydrogen-bond donors (Lipinski definition) is 1. The number of nitrogens with zero attached hydrogens (tertiary/aromatic N) is 2. The molecule has 0 radical (unpaired) electrons. The van der Waals surface area contributed by atoms with Gasteiger partial charge in [-0.1, -0.05) is 24.9 Å². The molecule has 60 valence electrons. The summed E-state index contributed by atoms with van der Waals surface area (Å²) in [5.74, 6) is 0. The molecular formula is C7H10ClN3. The van der Waals surface area contributed by atoms with Gasteiger partial charge >= 0.3 is 0 Å². The van der Waals surface area contributed by atoms with Crippen LogP contribution in [0.3, 0.4) is 0 Å². The van der Waals surface area contributed by atoms with E-state index >= 15 is 0 Å². The van der Waals surface area contributed by atoms with Crippen molar-refractivity contribution < 1.29 is 0 Å². The van der Waals surface area contributed by atoms with E-state index in [0.717, 1.165) is 18.4 Å². The minimum absolute atomic E-state index is 0.302. The van der Waals surface area contributed by atoms with Gasteiger partial charge in [0.05, 0.1) is 11.9 Å². The molecular weight excluding hydrogens is 162 g/mol. The molecule has 0 bridgehead atoms. The molecule has 0 aliphatic heterocycles. The maximum Gasteiger partial charge on any atom is 0.174 e. The van der Waals surface area contributed by atoms with Crippen LogP contribution in [-0.2, 0) is 6.42 Å². The Bertz CT molecular complexity index is 249. The van der Waals surface area contributed by atoms with Crippen LogP contribution in [-0.4, -0.2) is 10.2 Å². The normalized spacial score (nSPS) is 10.0. The average Bonchev–Trinajstić information content (AvgIpc) is 1.99. The molecule has 0 saturated carbocycles. The molecule has 0 atom stereocenters. The molecule has 3 nitrogen and oxygen atoms in total. The van der Waals surface area contributed by atoms with Gasteiger partial charge in [0.15, 0.2) is 5.15 Å². The van der Waals surface area contributed by atoms with E-state index in [-0.39, 0.29) is 0 Å². The van der Waals surface area contributed by atoms with Gasteiger partial charge in [-0.25, -0.2) is 0 Å². The van der Waals surface area contributed by atoms with Crippen molar-refractivity contribution in [3.63, 3.8) is 0 Å². The summed E-state index contributed by atoms with van der Waals surface area (Å²) in [6, 6.07) is 0. The van der Waals surface area contributed by atoms with Crippen molar-refractivity contribution in [2.24, 2.45) is 0 Å². The molecule has 1 aromatic rings. The standard InChI is InChI=1S/C7H10ClN3/c1-2-3-5-4-10-11-7(8)6(5)9/h4H,2-3H2,1H3,(H2,9,10). The molecule has 2 N–H and O–H groups in total. The van der Waals surface area contributed by atoms with Crippen LogP contribution in [0.5, 0.6) is 0 Å². The maximum atomic E-state index is 5.65. The van der Waals surface area contributed by atoms with Crippen molar-refractivity contribution >= 4 is 17.3 Å². The number of nitrogens with two attached hydrogens (primary N) is 1. The molecule has 0 aromatic carbocycles. The van der Waals surface area contributed by atoms with Gasteiger partial charge in [0.2, 0.25) is 0 Å². The van der Waals surface area contributed by atoms with E-state index in [9.17, 15) is 0 Å². The smallest absolute Gasteiger partial charge is 0.174 e. The lowest BCUT2D eigenvalue weighted by Crippen LogP contribution is -1.98. The van der Waals surface area contributed by atoms with E-state index in [4.69, 9.17) is 17.3 Å². The topological polar surface area (TPSA) is 51.8 Å². The van der Waals surface area contributed by atoms with Gasteiger partial charge in [0, 0.05) is 0 Å². The van der Waals surface area contributed by atoms with Gasteiger partial charge in [-0.05, 0) is 12.0 Å². The molecule has 1 aromatic heterocycles. The summed E-state index contributed by atoms with van der Waals surface area (Å²) in [6.07, 6.45) is 3.60. The lowest BCUT2D eigenvalue weighted by Gasteiger charge is -2.02. The predicted molar refractivity (Wildman–Crippen MR) is 45.4 cm³/mol. The Morgan fingerprint density at radius 3 is 3.00 bits per heavy atom. The molecule has 0 aliphatic carbocycles. The minimum Gasteiger partial charge on any atom is -0.396 e. The Kier molecular flexibility index (Phi) is 2.65. The Labute approximate surface area is 70.6 Å². The minimum atomic E-state index is 0.302. The molecule has 0 aliphatic rings. The highest BCUT2D eigenvalue weighted by atomic mass is 35.5. The maximum absolute atomic E-state index is 5.65. The second-order valence-electron chi connectivity index (χ2n) is 2.32. The SMILES string of the molecule is CCCc1cnnc(Cl)c1N. The summed E-state index contributed by atoms with van der Waals surface area (Å²) in [4.78, 5) is 0. The third-order valence-electron chi connectivity index (χ3n) is 1.45. The molecule has 1 heterocycles.